The van der Waals surface area contributed by atoms with E-state index in [-0.39, 0.29) is 23.6 Å². The van der Waals surface area contributed by atoms with Crippen LogP contribution in [-0.2, 0) is 9.84 Å². The molecule has 1 aromatic carbocycles. The smallest absolute Gasteiger partial charge is 0.317 e. The minimum absolute atomic E-state index is 0.0385. The molecule has 6 nitrogen and oxygen atoms in total. The van der Waals surface area contributed by atoms with Crippen LogP contribution in [0.25, 0.3) is 0 Å². The van der Waals surface area contributed by atoms with E-state index in [4.69, 9.17) is 23.2 Å². The van der Waals surface area contributed by atoms with Gasteiger partial charge in [-0.15, -0.1) is 0 Å². The number of rotatable bonds is 2. The van der Waals surface area contributed by atoms with Crippen molar-refractivity contribution in [2.24, 2.45) is 0 Å². The molecule has 0 bridgehead atoms. The lowest BCUT2D eigenvalue weighted by atomic mass is 10.2. The number of halogens is 2. The van der Waals surface area contributed by atoms with Gasteiger partial charge in [-0.05, 0) is 18.6 Å². The fourth-order valence-electron chi connectivity index (χ4n) is 3.06. The summed E-state index contributed by atoms with van der Waals surface area (Å²) >= 11 is 12.3. The molecule has 132 valence electrons. The van der Waals surface area contributed by atoms with Crippen molar-refractivity contribution in [2.75, 3.05) is 42.6 Å². The molecule has 9 heteroatoms. The number of carbonyl (C=O) groups excluding carboxylic acids is 1. The van der Waals surface area contributed by atoms with Gasteiger partial charge in [0.05, 0.1) is 27.2 Å². The first-order valence-corrected chi connectivity index (χ1v) is 10.4. The second kappa shape index (κ2) is 6.98. The molecule has 2 aliphatic heterocycles. The van der Waals surface area contributed by atoms with Crippen LogP contribution < -0.4 is 10.2 Å². The lowest BCUT2D eigenvalue weighted by molar-refractivity contribution is 0.191. The zero-order valence-corrected chi connectivity index (χ0v) is 15.4. The number of amides is 2. The third-order valence-corrected chi connectivity index (χ3v) is 6.98. The Kier molecular flexibility index (Phi) is 5.13. The fraction of sp³-hybridized carbons (Fsp3) is 0.533. The molecule has 1 aromatic rings. The summed E-state index contributed by atoms with van der Waals surface area (Å²) in [5, 5.41) is 3.85. The van der Waals surface area contributed by atoms with Gasteiger partial charge in [0.25, 0.3) is 0 Å². The first kappa shape index (κ1) is 17.6. The average molecular weight is 392 g/mol. The molecule has 0 aromatic heterocycles. The van der Waals surface area contributed by atoms with Gasteiger partial charge in [0.1, 0.15) is 0 Å². The summed E-state index contributed by atoms with van der Waals surface area (Å²) in [5.74, 6) is 0.190. The Morgan fingerprint density at radius 3 is 2.50 bits per heavy atom. The molecule has 1 N–H and O–H groups in total. The summed E-state index contributed by atoms with van der Waals surface area (Å²) in [4.78, 5) is 16.1. The van der Waals surface area contributed by atoms with Gasteiger partial charge in [0, 0.05) is 32.2 Å². The van der Waals surface area contributed by atoms with Crippen LogP contribution in [0.15, 0.2) is 18.2 Å². The van der Waals surface area contributed by atoms with E-state index in [1.165, 1.54) is 0 Å². The van der Waals surface area contributed by atoms with E-state index >= 15 is 0 Å². The first-order chi connectivity index (χ1) is 11.4. The molecule has 0 aliphatic carbocycles. The summed E-state index contributed by atoms with van der Waals surface area (Å²) < 4.78 is 22.9. The zero-order valence-electron chi connectivity index (χ0n) is 13.0. The summed E-state index contributed by atoms with van der Waals surface area (Å²) in [5.41, 5.74) is 0.867. The van der Waals surface area contributed by atoms with Crippen LogP contribution in [0.4, 0.5) is 10.5 Å². The van der Waals surface area contributed by atoms with Gasteiger partial charge < -0.3 is 15.1 Å². The molecule has 2 aliphatic rings. The highest BCUT2D eigenvalue weighted by Gasteiger charge is 2.31. The van der Waals surface area contributed by atoms with Crippen molar-refractivity contribution in [1.82, 2.24) is 10.2 Å². The maximum Gasteiger partial charge on any atom is 0.317 e. The minimum Gasteiger partial charge on any atom is -0.367 e. The van der Waals surface area contributed by atoms with Crippen LogP contribution in [0.1, 0.15) is 6.42 Å². The van der Waals surface area contributed by atoms with E-state index in [1.54, 1.807) is 11.0 Å². The van der Waals surface area contributed by atoms with Crippen molar-refractivity contribution in [1.29, 1.82) is 0 Å². The molecule has 2 fully saturated rings. The van der Waals surface area contributed by atoms with Crippen molar-refractivity contribution < 1.29 is 13.2 Å². The van der Waals surface area contributed by atoms with Gasteiger partial charge in [0.2, 0.25) is 0 Å². The molecule has 1 unspecified atom stereocenters. The number of carbonyl (C=O) groups is 1. The number of nitrogens with one attached hydrogen (secondary N) is 1. The van der Waals surface area contributed by atoms with Crippen LogP contribution in [0, 0.1) is 0 Å². The maximum atomic E-state index is 12.3. The molecule has 1 atom stereocenters. The summed E-state index contributed by atoms with van der Waals surface area (Å²) in [7, 11) is -2.99. The van der Waals surface area contributed by atoms with Crippen LogP contribution in [0.3, 0.4) is 0 Å². The summed E-state index contributed by atoms with van der Waals surface area (Å²) in [6.07, 6.45) is 0.492. The van der Waals surface area contributed by atoms with E-state index in [0.717, 1.165) is 5.69 Å². The third-order valence-electron chi connectivity index (χ3n) is 4.40. The monoisotopic (exact) mass is 391 g/mol. The lowest BCUT2D eigenvalue weighted by Gasteiger charge is -2.36. The Bertz CT molecular complexity index is 733. The van der Waals surface area contributed by atoms with E-state index in [2.05, 4.69) is 10.2 Å². The van der Waals surface area contributed by atoms with Crippen LogP contribution in [-0.4, -0.2) is 63.1 Å². The highest BCUT2D eigenvalue weighted by Crippen LogP contribution is 2.32. The molecule has 2 amide bonds. The summed E-state index contributed by atoms with van der Waals surface area (Å²) in [6.45, 7) is 2.40. The van der Waals surface area contributed by atoms with Crippen molar-refractivity contribution in [3.63, 3.8) is 0 Å². The maximum absolute atomic E-state index is 12.3. The van der Waals surface area contributed by atoms with Crippen molar-refractivity contribution in [3.05, 3.63) is 28.2 Å². The number of hydrogen-bond acceptors (Lipinski definition) is 4. The summed E-state index contributed by atoms with van der Waals surface area (Å²) in [6, 6.07) is 5.03. The predicted molar refractivity (Wildman–Crippen MR) is 95.8 cm³/mol. The minimum atomic E-state index is -2.99. The number of nitrogens with zero attached hydrogens (tertiary/aromatic N) is 2. The highest BCUT2D eigenvalue weighted by atomic mass is 35.5. The Morgan fingerprint density at radius 2 is 1.88 bits per heavy atom. The predicted octanol–water partition coefficient (Wildman–Crippen LogP) is 2.01. The second-order valence-electron chi connectivity index (χ2n) is 6.10. The molecule has 0 radical (unpaired) electrons. The van der Waals surface area contributed by atoms with Gasteiger partial charge in [-0.2, -0.15) is 0 Å². The van der Waals surface area contributed by atoms with Gasteiger partial charge >= 0.3 is 6.03 Å². The average Bonchev–Trinajstić information content (AvgIpc) is 2.89. The van der Waals surface area contributed by atoms with Gasteiger partial charge in [-0.1, -0.05) is 29.3 Å². The molecule has 0 saturated carbocycles. The Labute approximate surface area is 151 Å². The number of anilines is 1. The number of piperazine rings is 1. The topological polar surface area (TPSA) is 69.7 Å². The third kappa shape index (κ3) is 3.90. The van der Waals surface area contributed by atoms with Gasteiger partial charge in [-0.3, -0.25) is 0 Å². The highest BCUT2D eigenvalue weighted by molar-refractivity contribution is 7.91. The van der Waals surface area contributed by atoms with Crippen molar-refractivity contribution in [3.8, 4) is 0 Å². The molecular weight excluding hydrogens is 373 g/mol. The van der Waals surface area contributed by atoms with Crippen molar-refractivity contribution in [2.45, 2.75) is 12.5 Å². The van der Waals surface area contributed by atoms with Gasteiger partial charge in [-0.25, -0.2) is 13.2 Å². The molecule has 2 saturated heterocycles. The largest absolute Gasteiger partial charge is 0.367 e. The molecule has 3 rings (SSSR count). The number of sulfone groups is 1. The second-order valence-corrected chi connectivity index (χ2v) is 9.11. The van der Waals surface area contributed by atoms with E-state index in [9.17, 15) is 13.2 Å². The first-order valence-electron chi connectivity index (χ1n) is 7.80. The van der Waals surface area contributed by atoms with Crippen LogP contribution >= 0.6 is 23.2 Å². The van der Waals surface area contributed by atoms with Gasteiger partial charge in [0.15, 0.2) is 9.84 Å². The molecule has 0 spiro atoms. The van der Waals surface area contributed by atoms with Crippen LogP contribution in [0.2, 0.25) is 10.0 Å². The number of urea groups is 1. The fourth-order valence-corrected chi connectivity index (χ4v) is 5.15. The Balaban J connectivity index is 1.55. The Morgan fingerprint density at radius 1 is 1.17 bits per heavy atom. The standard InChI is InChI=1S/C15H19Cl2N3O3S/c16-12-2-1-3-13(14(12)17)19-5-7-20(8-6-19)15(21)18-11-4-9-24(22,23)10-11/h1-3,11H,4-10H2,(H,18,21). The molecule has 2 heterocycles. The lowest BCUT2D eigenvalue weighted by Crippen LogP contribution is -2.53. The normalized spacial score (nSPS) is 23.3. The van der Waals surface area contributed by atoms with E-state index < -0.39 is 9.84 Å². The number of benzene rings is 1. The quantitative estimate of drug-likeness (QED) is 0.836. The van der Waals surface area contributed by atoms with E-state index in [1.807, 2.05) is 12.1 Å². The molecular formula is C15H19Cl2N3O3S. The van der Waals surface area contributed by atoms with Crippen molar-refractivity contribution >= 4 is 44.8 Å². The molecule has 24 heavy (non-hydrogen) atoms. The zero-order chi connectivity index (χ0) is 17.3. The van der Waals surface area contributed by atoms with Crippen LogP contribution in [0.5, 0.6) is 0 Å². The SMILES string of the molecule is O=C(NC1CCS(=O)(=O)C1)N1CCN(c2cccc(Cl)c2Cl)CC1. The van der Waals surface area contributed by atoms with E-state index in [0.29, 0.717) is 42.6 Å². The number of hydrogen-bond donors (Lipinski definition) is 1. The Hall–Kier alpha value is -1.18.